The van der Waals surface area contributed by atoms with Crippen molar-refractivity contribution in [1.29, 1.82) is 0 Å². The van der Waals surface area contributed by atoms with E-state index in [1.54, 1.807) is 13.2 Å². The summed E-state index contributed by atoms with van der Waals surface area (Å²) in [5, 5.41) is 0. The number of ketones is 1. The Bertz CT molecular complexity index is 606. The molecule has 104 valence electrons. The summed E-state index contributed by atoms with van der Waals surface area (Å²) in [6, 6.07) is 11.5. The highest BCUT2D eigenvalue weighted by Crippen LogP contribution is 2.20. The molecule has 3 nitrogen and oxygen atoms in total. The molecule has 0 amide bonds. The Balaban J connectivity index is 2.04. The van der Waals surface area contributed by atoms with Crippen LogP contribution in [0, 0.1) is 5.82 Å². The van der Waals surface area contributed by atoms with Gasteiger partial charge in [0.25, 0.3) is 0 Å². The lowest BCUT2D eigenvalue weighted by Crippen LogP contribution is -1.99. The monoisotopic (exact) mass is 274 g/mol. The predicted molar refractivity (Wildman–Crippen MR) is 73.7 cm³/mol. The molecule has 0 aliphatic heterocycles. The SMILES string of the molecule is COc1ccc(COc2ccc(C(C)=O)cc2F)cc1. The third kappa shape index (κ3) is 3.35. The van der Waals surface area contributed by atoms with Crippen molar-refractivity contribution in [2.24, 2.45) is 0 Å². The van der Waals surface area contributed by atoms with Gasteiger partial charge in [0.15, 0.2) is 17.3 Å². The number of carbonyl (C=O) groups excluding carboxylic acids is 1. The largest absolute Gasteiger partial charge is 0.497 e. The molecule has 0 unspecified atom stereocenters. The van der Waals surface area contributed by atoms with E-state index in [1.165, 1.54) is 19.1 Å². The molecule has 0 saturated carbocycles. The molecule has 0 spiro atoms. The van der Waals surface area contributed by atoms with E-state index in [0.717, 1.165) is 11.3 Å². The highest BCUT2D eigenvalue weighted by molar-refractivity contribution is 5.94. The second-order valence-electron chi connectivity index (χ2n) is 4.34. The molecular weight excluding hydrogens is 259 g/mol. The Morgan fingerprint density at radius 3 is 2.40 bits per heavy atom. The van der Waals surface area contributed by atoms with Gasteiger partial charge in [0.1, 0.15) is 12.4 Å². The minimum Gasteiger partial charge on any atom is -0.497 e. The van der Waals surface area contributed by atoms with Crippen molar-refractivity contribution >= 4 is 5.78 Å². The third-order valence-electron chi connectivity index (χ3n) is 2.89. The van der Waals surface area contributed by atoms with Crippen LogP contribution in [0.4, 0.5) is 4.39 Å². The normalized spacial score (nSPS) is 10.2. The first kappa shape index (κ1) is 14.1. The van der Waals surface area contributed by atoms with Gasteiger partial charge in [-0.3, -0.25) is 4.79 Å². The zero-order valence-corrected chi connectivity index (χ0v) is 11.4. The quantitative estimate of drug-likeness (QED) is 0.781. The van der Waals surface area contributed by atoms with Crippen LogP contribution in [0.5, 0.6) is 11.5 Å². The van der Waals surface area contributed by atoms with E-state index >= 15 is 0 Å². The van der Waals surface area contributed by atoms with E-state index in [0.29, 0.717) is 5.56 Å². The van der Waals surface area contributed by atoms with Crippen molar-refractivity contribution in [3.63, 3.8) is 0 Å². The summed E-state index contributed by atoms with van der Waals surface area (Å²) in [5.74, 6) is 0.174. The number of halogens is 1. The van der Waals surface area contributed by atoms with Crippen LogP contribution in [0.2, 0.25) is 0 Å². The van der Waals surface area contributed by atoms with Crippen molar-refractivity contribution < 1.29 is 18.7 Å². The number of hydrogen-bond donors (Lipinski definition) is 0. The highest BCUT2D eigenvalue weighted by atomic mass is 19.1. The van der Waals surface area contributed by atoms with Gasteiger partial charge in [0.2, 0.25) is 0 Å². The Morgan fingerprint density at radius 1 is 1.15 bits per heavy atom. The maximum atomic E-state index is 13.7. The lowest BCUT2D eigenvalue weighted by molar-refractivity contribution is 0.101. The van der Waals surface area contributed by atoms with Crippen LogP contribution in [0.15, 0.2) is 42.5 Å². The smallest absolute Gasteiger partial charge is 0.165 e. The summed E-state index contributed by atoms with van der Waals surface area (Å²) < 4.78 is 24.2. The van der Waals surface area contributed by atoms with Crippen molar-refractivity contribution in [2.45, 2.75) is 13.5 Å². The molecular formula is C16H15FO3. The topological polar surface area (TPSA) is 35.5 Å². The van der Waals surface area contributed by atoms with Crippen LogP contribution >= 0.6 is 0 Å². The summed E-state index contributed by atoms with van der Waals surface area (Å²) in [6.45, 7) is 1.65. The van der Waals surface area contributed by atoms with Gasteiger partial charge in [-0.05, 0) is 42.8 Å². The molecule has 20 heavy (non-hydrogen) atoms. The van der Waals surface area contributed by atoms with Crippen LogP contribution < -0.4 is 9.47 Å². The van der Waals surface area contributed by atoms with Crippen LogP contribution in [0.1, 0.15) is 22.8 Å². The number of carbonyl (C=O) groups is 1. The molecule has 2 aromatic carbocycles. The minimum atomic E-state index is -0.536. The molecule has 0 N–H and O–H groups in total. The summed E-state index contributed by atoms with van der Waals surface area (Å²) in [5.41, 5.74) is 1.24. The fraction of sp³-hybridized carbons (Fsp3) is 0.188. The predicted octanol–water partition coefficient (Wildman–Crippen LogP) is 3.62. The molecule has 4 heteroatoms. The van der Waals surface area contributed by atoms with E-state index in [-0.39, 0.29) is 18.1 Å². The van der Waals surface area contributed by atoms with Crippen molar-refractivity contribution in [3.8, 4) is 11.5 Å². The maximum Gasteiger partial charge on any atom is 0.165 e. The molecule has 0 atom stereocenters. The lowest BCUT2D eigenvalue weighted by atomic mass is 10.1. The molecule has 0 radical (unpaired) electrons. The van der Waals surface area contributed by atoms with E-state index < -0.39 is 5.82 Å². The summed E-state index contributed by atoms with van der Waals surface area (Å²) >= 11 is 0. The first-order valence-electron chi connectivity index (χ1n) is 6.16. The summed E-state index contributed by atoms with van der Waals surface area (Å²) in [4.78, 5) is 11.1. The van der Waals surface area contributed by atoms with Crippen LogP contribution in [0.3, 0.4) is 0 Å². The zero-order chi connectivity index (χ0) is 14.5. The average molecular weight is 274 g/mol. The van der Waals surface area contributed by atoms with Gasteiger partial charge < -0.3 is 9.47 Å². The number of rotatable bonds is 5. The molecule has 0 fully saturated rings. The van der Waals surface area contributed by atoms with Crippen LogP contribution in [0.25, 0.3) is 0 Å². The third-order valence-corrected chi connectivity index (χ3v) is 2.89. The fourth-order valence-electron chi connectivity index (χ4n) is 1.72. The van der Waals surface area contributed by atoms with E-state index in [2.05, 4.69) is 0 Å². The summed E-state index contributed by atoms with van der Waals surface area (Å²) in [7, 11) is 1.59. The molecule has 0 saturated heterocycles. The number of hydrogen-bond acceptors (Lipinski definition) is 3. The molecule has 0 heterocycles. The molecule has 0 aliphatic carbocycles. The first-order valence-corrected chi connectivity index (χ1v) is 6.16. The summed E-state index contributed by atoms with van der Waals surface area (Å²) in [6.07, 6.45) is 0. The lowest BCUT2D eigenvalue weighted by Gasteiger charge is -2.08. The number of benzene rings is 2. The second-order valence-corrected chi connectivity index (χ2v) is 4.34. The Kier molecular flexibility index (Phi) is 4.35. The number of ether oxygens (including phenoxy) is 2. The number of methoxy groups -OCH3 is 1. The molecule has 0 aliphatic rings. The molecule has 2 aromatic rings. The molecule has 2 rings (SSSR count). The van der Waals surface area contributed by atoms with E-state index in [9.17, 15) is 9.18 Å². The van der Waals surface area contributed by atoms with Gasteiger partial charge in [0.05, 0.1) is 7.11 Å². The second kappa shape index (κ2) is 6.19. The Labute approximate surface area is 117 Å². The van der Waals surface area contributed by atoms with Gasteiger partial charge in [-0.15, -0.1) is 0 Å². The van der Waals surface area contributed by atoms with Gasteiger partial charge in [-0.1, -0.05) is 12.1 Å². The fourth-order valence-corrected chi connectivity index (χ4v) is 1.72. The molecule has 0 aromatic heterocycles. The van der Waals surface area contributed by atoms with Crippen molar-refractivity contribution in [2.75, 3.05) is 7.11 Å². The van der Waals surface area contributed by atoms with Gasteiger partial charge in [-0.25, -0.2) is 4.39 Å². The first-order chi connectivity index (χ1) is 9.60. The van der Waals surface area contributed by atoms with Crippen LogP contribution in [-0.4, -0.2) is 12.9 Å². The zero-order valence-electron chi connectivity index (χ0n) is 11.4. The minimum absolute atomic E-state index is 0.130. The molecule has 0 bridgehead atoms. The highest BCUT2D eigenvalue weighted by Gasteiger charge is 2.07. The Morgan fingerprint density at radius 2 is 1.85 bits per heavy atom. The maximum absolute atomic E-state index is 13.7. The van der Waals surface area contributed by atoms with E-state index in [4.69, 9.17) is 9.47 Å². The van der Waals surface area contributed by atoms with Gasteiger partial charge >= 0.3 is 0 Å². The van der Waals surface area contributed by atoms with Crippen molar-refractivity contribution in [3.05, 3.63) is 59.4 Å². The number of Topliss-reactive ketones (excluding diaryl/α,β-unsaturated/α-hetero) is 1. The Hall–Kier alpha value is -2.36. The van der Waals surface area contributed by atoms with Gasteiger partial charge in [-0.2, -0.15) is 0 Å². The standard InChI is InChI=1S/C16H15FO3/c1-11(18)13-5-8-16(15(17)9-13)20-10-12-3-6-14(19-2)7-4-12/h3-9H,10H2,1-2H3. The van der Waals surface area contributed by atoms with E-state index in [1.807, 2.05) is 24.3 Å². The van der Waals surface area contributed by atoms with Crippen LogP contribution in [-0.2, 0) is 6.61 Å². The van der Waals surface area contributed by atoms with Crippen molar-refractivity contribution in [1.82, 2.24) is 0 Å². The van der Waals surface area contributed by atoms with Gasteiger partial charge in [0, 0.05) is 5.56 Å². The average Bonchev–Trinajstić information content (AvgIpc) is 2.46.